The maximum absolute atomic E-state index is 13.3. The highest BCUT2D eigenvalue weighted by Gasteiger charge is 2.05. The highest BCUT2D eigenvalue weighted by molar-refractivity contribution is 9.10. The van der Waals surface area contributed by atoms with Crippen LogP contribution in [0.25, 0.3) is 0 Å². The molecule has 0 saturated carbocycles. The van der Waals surface area contributed by atoms with Gasteiger partial charge in [-0.25, -0.2) is 4.39 Å². The number of hydrogen-bond acceptors (Lipinski definition) is 3. The van der Waals surface area contributed by atoms with Gasteiger partial charge in [0, 0.05) is 24.6 Å². The first-order chi connectivity index (χ1) is 9.56. The molecule has 6 heteroatoms. The molecule has 0 aromatic heterocycles. The monoisotopic (exact) mass is 339 g/mol. The van der Waals surface area contributed by atoms with Crippen LogP contribution in [-0.2, 0) is 6.42 Å². The van der Waals surface area contributed by atoms with Crippen LogP contribution in [0.3, 0.4) is 0 Å². The Labute approximate surface area is 123 Å². The molecule has 4 nitrogen and oxygen atoms in total. The largest absolute Gasteiger partial charge is 0.493 e. The minimum absolute atomic E-state index is 0.0599. The van der Waals surface area contributed by atoms with Gasteiger partial charge in [0.05, 0.1) is 16.0 Å². The molecule has 0 aliphatic carbocycles. The third-order valence-electron chi connectivity index (χ3n) is 2.70. The van der Waals surface area contributed by atoms with E-state index in [0.29, 0.717) is 23.2 Å². The first-order valence-corrected chi connectivity index (χ1v) is 6.67. The average Bonchev–Trinajstić information content (AvgIpc) is 2.43. The quantitative estimate of drug-likeness (QED) is 0.608. The van der Waals surface area contributed by atoms with Crippen molar-refractivity contribution in [2.24, 2.45) is 0 Å². The zero-order chi connectivity index (χ0) is 14.5. The summed E-state index contributed by atoms with van der Waals surface area (Å²) in [7, 11) is 0. The first kappa shape index (κ1) is 14.5. The second-order valence-electron chi connectivity index (χ2n) is 4.10. The molecule has 104 valence electrons. The normalized spacial score (nSPS) is 10.3. The Balaban J connectivity index is 1.89. The molecule has 2 rings (SSSR count). The van der Waals surface area contributed by atoms with Crippen molar-refractivity contribution in [1.29, 1.82) is 0 Å². The molecule has 0 saturated heterocycles. The summed E-state index contributed by atoms with van der Waals surface area (Å²) in [4.78, 5) is 10.1. The van der Waals surface area contributed by atoms with Gasteiger partial charge in [-0.2, -0.15) is 0 Å². The highest BCUT2D eigenvalue weighted by Crippen LogP contribution is 2.21. The van der Waals surface area contributed by atoms with Crippen LogP contribution in [-0.4, -0.2) is 11.5 Å². The predicted molar refractivity (Wildman–Crippen MR) is 76.4 cm³/mol. The van der Waals surface area contributed by atoms with E-state index in [1.54, 1.807) is 24.3 Å². The number of halogens is 2. The van der Waals surface area contributed by atoms with E-state index in [1.807, 2.05) is 0 Å². The number of benzene rings is 2. The van der Waals surface area contributed by atoms with Gasteiger partial charge in [-0.15, -0.1) is 0 Å². The van der Waals surface area contributed by atoms with Gasteiger partial charge in [0.15, 0.2) is 0 Å². The summed E-state index contributed by atoms with van der Waals surface area (Å²) in [5.41, 5.74) is 0.984. The smallest absolute Gasteiger partial charge is 0.269 e. The molecule has 2 aromatic rings. The fraction of sp³-hybridized carbons (Fsp3) is 0.143. The second-order valence-corrected chi connectivity index (χ2v) is 4.95. The lowest BCUT2D eigenvalue weighted by molar-refractivity contribution is -0.384. The van der Waals surface area contributed by atoms with Crippen molar-refractivity contribution in [2.45, 2.75) is 6.42 Å². The predicted octanol–water partition coefficient (Wildman–Crippen LogP) is 4.12. The second kappa shape index (κ2) is 6.47. The van der Waals surface area contributed by atoms with Crippen molar-refractivity contribution in [2.75, 3.05) is 6.61 Å². The van der Waals surface area contributed by atoms with E-state index in [2.05, 4.69) is 15.9 Å². The number of nitro groups is 1. The van der Waals surface area contributed by atoms with Crippen molar-refractivity contribution in [3.63, 3.8) is 0 Å². The van der Waals surface area contributed by atoms with E-state index in [0.717, 1.165) is 5.56 Å². The lowest BCUT2D eigenvalue weighted by Gasteiger charge is -2.06. The van der Waals surface area contributed by atoms with Crippen LogP contribution >= 0.6 is 15.9 Å². The lowest BCUT2D eigenvalue weighted by Crippen LogP contribution is -2.01. The average molecular weight is 340 g/mol. The zero-order valence-corrected chi connectivity index (χ0v) is 12.0. The number of ether oxygens (including phenoxy) is 1. The van der Waals surface area contributed by atoms with Crippen molar-refractivity contribution in [1.82, 2.24) is 0 Å². The lowest BCUT2D eigenvalue weighted by atomic mass is 10.1. The van der Waals surface area contributed by atoms with Crippen LogP contribution in [0.2, 0.25) is 0 Å². The minimum Gasteiger partial charge on any atom is -0.493 e. The van der Waals surface area contributed by atoms with Crippen molar-refractivity contribution >= 4 is 21.6 Å². The maximum atomic E-state index is 13.3. The highest BCUT2D eigenvalue weighted by atomic mass is 79.9. The molecular weight excluding hydrogens is 329 g/mol. The number of non-ortho nitro benzene ring substituents is 1. The number of rotatable bonds is 5. The fourth-order valence-corrected chi connectivity index (χ4v) is 1.88. The van der Waals surface area contributed by atoms with Crippen molar-refractivity contribution < 1.29 is 14.1 Å². The molecular formula is C14H11BrFNO3. The molecule has 0 radical (unpaired) electrons. The maximum Gasteiger partial charge on any atom is 0.269 e. The van der Waals surface area contributed by atoms with E-state index in [-0.39, 0.29) is 11.5 Å². The Kier molecular flexibility index (Phi) is 4.68. The fourth-order valence-electron chi connectivity index (χ4n) is 1.64. The minimum atomic E-state index is -0.440. The molecule has 0 bridgehead atoms. The number of hydrogen-bond donors (Lipinski definition) is 0. The molecule has 0 N–H and O–H groups in total. The molecule has 20 heavy (non-hydrogen) atoms. The van der Waals surface area contributed by atoms with Crippen LogP contribution in [0.1, 0.15) is 5.56 Å². The van der Waals surface area contributed by atoms with Gasteiger partial charge in [0.25, 0.3) is 5.69 Å². The van der Waals surface area contributed by atoms with E-state index in [1.165, 1.54) is 18.2 Å². The Morgan fingerprint density at radius 3 is 2.50 bits per heavy atom. The van der Waals surface area contributed by atoms with E-state index in [4.69, 9.17) is 4.74 Å². The number of nitrogens with zero attached hydrogens (tertiary/aromatic N) is 1. The van der Waals surface area contributed by atoms with Gasteiger partial charge < -0.3 is 4.74 Å². The van der Waals surface area contributed by atoms with Crippen molar-refractivity contribution in [3.05, 3.63) is 68.4 Å². The third-order valence-corrected chi connectivity index (χ3v) is 3.34. The summed E-state index contributed by atoms with van der Waals surface area (Å²) < 4.78 is 19.1. The van der Waals surface area contributed by atoms with Crippen LogP contribution < -0.4 is 4.74 Å². The third kappa shape index (κ3) is 3.77. The van der Waals surface area contributed by atoms with E-state index in [9.17, 15) is 14.5 Å². The Bertz CT molecular complexity index is 616. The van der Waals surface area contributed by atoms with Crippen LogP contribution in [0.5, 0.6) is 5.75 Å². The summed E-state index contributed by atoms with van der Waals surface area (Å²) in [5, 5.41) is 10.5. The van der Waals surface area contributed by atoms with Crippen LogP contribution in [0.4, 0.5) is 10.1 Å². The van der Waals surface area contributed by atoms with E-state index >= 15 is 0 Å². The van der Waals surface area contributed by atoms with Crippen molar-refractivity contribution in [3.8, 4) is 5.75 Å². The Morgan fingerprint density at radius 1 is 1.20 bits per heavy atom. The molecule has 0 spiro atoms. The topological polar surface area (TPSA) is 52.4 Å². The van der Waals surface area contributed by atoms with Gasteiger partial charge >= 0.3 is 0 Å². The summed E-state index contributed by atoms with van der Waals surface area (Å²) >= 11 is 3.07. The van der Waals surface area contributed by atoms with Crippen LogP contribution in [0, 0.1) is 15.9 Å². The Hall–Kier alpha value is -1.95. The van der Waals surface area contributed by atoms with Gasteiger partial charge in [0.2, 0.25) is 0 Å². The molecule has 0 aliphatic heterocycles. The molecule has 0 heterocycles. The molecule has 0 fully saturated rings. The Morgan fingerprint density at radius 2 is 1.90 bits per heavy atom. The summed E-state index contributed by atoms with van der Waals surface area (Å²) in [6, 6.07) is 10.8. The summed E-state index contributed by atoms with van der Waals surface area (Å²) in [6.45, 7) is 0.374. The zero-order valence-electron chi connectivity index (χ0n) is 10.4. The molecule has 0 atom stereocenters. The molecule has 0 amide bonds. The number of nitro benzene ring substituents is 1. The molecule has 2 aromatic carbocycles. The van der Waals surface area contributed by atoms with Gasteiger partial charge in [-0.05, 0) is 33.6 Å². The molecule has 0 aliphatic rings. The van der Waals surface area contributed by atoms with Crippen LogP contribution in [0.15, 0.2) is 46.9 Å². The summed E-state index contributed by atoms with van der Waals surface area (Å²) in [6.07, 6.45) is 0.593. The SMILES string of the molecule is O=[N+]([O-])c1ccc(CCOc2ccc(Br)c(F)c2)cc1. The van der Waals surface area contributed by atoms with Gasteiger partial charge in [-0.3, -0.25) is 10.1 Å². The first-order valence-electron chi connectivity index (χ1n) is 5.87. The standard InChI is InChI=1S/C14H11BrFNO3/c15-13-6-5-12(9-14(13)16)20-8-7-10-1-3-11(4-2-10)17(18)19/h1-6,9H,7-8H2. The van der Waals surface area contributed by atoms with Gasteiger partial charge in [0.1, 0.15) is 11.6 Å². The summed E-state index contributed by atoms with van der Waals surface area (Å²) in [5.74, 6) is 0.0745. The molecule has 0 unspecified atom stereocenters. The van der Waals surface area contributed by atoms with Gasteiger partial charge in [-0.1, -0.05) is 12.1 Å². The van der Waals surface area contributed by atoms with E-state index < -0.39 is 4.92 Å².